The molecule has 2 aromatic carbocycles. The molecule has 0 bridgehead atoms. The van der Waals surface area contributed by atoms with Crippen LogP contribution in [0.3, 0.4) is 0 Å². The summed E-state index contributed by atoms with van der Waals surface area (Å²) in [7, 11) is 0. The fourth-order valence-corrected chi connectivity index (χ4v) is 3.91. The number of hydrogen-bond donors (Lipinski definition) is 1. The van der Waals surface area contributed by atoms with E-state index in [1.165, 1.54) is 5.56 Å². The van der Waals surface area contributed by atoms with Crippen molar-refractivity contribution in [2.45, 2.75) is 33.7 Å². The summed E-state index contributed by atoms with van der Waals surface area (Å²) in [4.78, 5) is 12.9. The molecule has 0 saturated carbocycles. The largest absolute Gasteiger partial charge is 0.463 e. The first-order chi connectivity index (χ1) is 14.0. The lowest BCUT2D eigenvalue weighted by Gasteiger charge is -2.30. The Morgan fingerprint density at radius 1 is 1.07 bits per heavy atom. The zero-order valence-electron chi connectivity index (χ0n) is 17.2. The second-order valence-electron chi connectivity index (χ2n) is 7.32. The molecule has 0 amide bonds. The molecule has 1 atom stereocenters. The Morgan fingerprint density at radius 3 is 2.41 bits per heavy atom. The van der Waals surface area contributed by atoms with E-state index in [4.69, 9.17) is 9.84 Å². The molecule has 1 unspecified atom stereocenters. The van der Waals surface area contributed by atoms with Gasteiger partial charge in [0.1, 0.15) is 11.9 Å². The molecule has 0 aliphatic carbocycles. The van der Waals surface area contributed by atoms with Gasteiger partial charge in [0, 0.05) is 11.3 Å². The molecule has 29 heavy (non-hydrogen) atoms. The SMILES string of the molecule is CCOC(=O)C1=C(C)Nc2c(-c3ccccc3)c(C)nn2C1c1ccc(C)cc1. The minimum absolute atomic E-state index is 0.317. The van der Waals surface area contributed by atoms with Gasteiger partial charge < -0.3 is 10.1 Å². The first-order valence-electron chi connectivity index (χ1n) is 9.87. The number of carbonyl (C=O) groups excluding carboxylic acids is 1. The van der Waals surface area contributed by atoms with Crippen molar-refractivity contribution in [2.24, 2.45) is 0 Å². The number of hydrogen-bond acceptors (Lipinski definition) is 4. The molecule has 0 spiro atoms. The minimum atomic E-state index is -0.345. The third-order valence-electron chi connectivity index (χ3n) is 5.26. The Balaban J connectivity index is 1.93. The number of nitrogens with one attached hydrogen (secondary N) is 1. The van der Waals surface area contributed by atoms with E-state index in [1.807, 2.05) is 43.7 Å². The van der Waals surface area contributed by atoms with Crippen LogP contribution in [-0.2, 0) is 9.53 Å². The maximum Gasteiger partial charge on any atom is 0.338 e. The van der Waals surface area contributed by atoms with E-state index in [9.17, 15) is 4.79 Å². The van der Waals surface area contributed by atoms with Crippen molar-refractivity contribution < 1.29 is 9.53 Å². The number of benzene rings is 2. The van der Waals surface area contributed by atoms with Crippen molar-refractivity contribution >= 4 is 11.8 Å². The predicted octanol–water partition coefficient (Wildman–Crippen LogP) is 5.02. The summed E-state index contributed by atoms with van der Waals surface area (Å²) in [6, 6.07) is 18.1. The van der Waals surface area contributed by atoms with Gasteiger partial charge in [0.05, 0.1) is 17.9 Å². The van der Waals surface area contributed by atoms with Gasteiger partial charge in [-0.3, -0.25) is 0 Å². The zero-order chi connectivity index (χ0) is 20.5. The van der Waals surface area contributed by atoms with Gasteiger partial charge >= 0.3 is 5.97 Å². The van der Waals surface area contributed by atoms with Gasteiger partial charge in [-0.05, 0) is 38.8 Å². The average molecular weight is 387 g/mol. The number of esters is 1. The van der Waals surface area contributed by atoms with Gasteiger partial charge in [0.15, 0.2) is 0 Å². The molecule has 5 heteroatoms. The predicted molar refractivity (Wildman–Crippen MR) is 115 cm³/mol. The van der Waals surface area contributed by atoms with E-state index in [0.717, 1.165) is 33.9 Å². The Hall–Kier alpha value is -3.34. The van der Waals surface area contributed by atoms with E-state index in [1.54, 1.807) is 0 Å². The number of ether oxygens (including phenoxy) is 1. The molecule has 1 N–H and O–H groups in total. The van der Waals surface area contributed by atoms with Crippen molar-refractivity contribution in [3.8, 4) is 11.1 Å². The normalized spacial score (nSPS) is 15.7. The number of carbonyl (C=O) groups is 1. The highest BCUT2D eigenvalue weighted by molar-refractivity contribution is 5.93. The number of rotatable bonds is 4. The lowest BCUT2D eigenvalue weighted by molar-refractivity contribution is -0.139. The number of fused-ring (bicyclic) bond motifs is 1. The Bertz CT molecular complexity index is 1080. The highest BCUT2D eigenvalue weighted by Gasteiger charge is 2.35. The Morgan fingerprint density at radius 2 is 1.76 bits per heavy atom. The molecule has 0 radical (unpaired) electrons. The second-order valence-corrected chi connectivity index (χ2v) is 7.32. The van der Waals surface area contributed by atoms with Crippen LogP contribution in [0, 0.1) is 13.8 Å². The van der Waals surface area contributed by atoms with E-state index in [2.05, 4.69) is 48.6 Å². The topological polar surface area (TPSA) is 56.1 Å². The molecule has 1 aromatic heterocycles. The van der Waals surface area contributed by atoms with E-state index in [-0.39, 0.29) is 12.0 Å². The van der Waals surface area contributed by atoms with Crippen LogP contribution in [0.4, 0.5) is 5.82 Å². The highest BCUT2D eigenvalue weighted by atomic mass is 16.5. The van der Waals surface area contributed by atoms with Crippen LogP contribution < -0.4 is 5.32 Å². The Kier molecular flexibility index (Phi) is 4.97. The molecule has 3 aromatic rings. The smallest absolute Gasteiger partial charge is 0.338 e. The van der Waals surface area contributed by atoms with Gasteiger partial charge in [0.25, 0.3) is 0 Å². The quantitative estimate of drug-likeness (QED) is 0.639. The molecular formula is C24H25N3O2. The summed E-state index contributed by atoms with van der Waals surface area (Å²) >= 11 is 0. The molecule has 0 fully saturated rings. The first kappa shape index (κ1) is 19.0. The van der Waals surface area contributed by atoms with Gasteiger partial charge in [-0.1, -0.05) is 60.2 Å². The molecule has 0 saturated heterocycles. The van der Waals surface area contributed by atoms with Gasteiger partial charge in [-0.25, -0.2) is 9.48 Å². The van der Waals surface area contributed by atoms with Crippen LogP contribution >= 0.6 is 0 Å². The summed E-state index contributed by atoms with van der Waals surface area (Å²) in [5.41, 5.74) is 6.60. The number of anilines is 1. The standard InChI is InChI=1S/C24H25N3O2/c1-5-29-24(28)21-16(3)25-23-20(18-9-7-6-8-10-18)17(4)26-27(23)22(21)19-13-11-15(2)12-14-19/h6-14,22,25H,5H2,1-4H3. The highest BCUT2D eigenvalue weighted by Crippen LogP contribution is 2.42. The summed E-state index contributed by atoms with van der Waals surface area (Å²) < 4.78 is 7.30. The van der Waals surface area contributed by atoms with Crippen molar-refractivity contribution in [1.29, 1.82) is 0 Å². The third-order valence-corrected chi connectivity index (χ3v) is 5.26. The fraction of sp³-hybridized carbons (Fsp3) is 0.250. The van der Waals surface area contributed by atoms with Crippen LogP contribution in [0.5, 0.6) is 0 Å². The van der Waals surface area contributed by atoms with Crippen molar-refractivity contribution in [3.63, 3.8) is 0 Å². The van der Waals surface area contributed by atoms with Crippen molar-refractivity contribution in [2.75, 3.05) is 11.9 Å². The number of aromatic nitrogens is 2. The van der Waals surface area contributed by atoms with Gasteiger partial charge in [0.2, 0.25) is 0 Å². The summed E-state index contributed by atoms with van der Waals surface area (Å²) in [5.74, 6) is 0.577. The molecule has 4 rings (SSSR count). The van der Waals surface area contributed by atoms with Crippen molar-refractivity contribution in [1.82, 2.24) is 9.78 Å². The number of allylic oxidation sites excluding steroid dienone is 1. The zero-order valence-corrected chi connectivity index (χ0v) is 17.2. The third kappa shape index (κ3) is 3.33. The molecular weight excluding hydrogens is 362 g/mol. The van der Waals surface area contributed by atoms with Crippen LogP contribution in [0.25, 0.3) is 11.1 Å². The maximum atomic E-state index is 12.9. The summed E-state index contributed by atoms with van der Waals surface area (Å²) in [6.45, 7) is 8.13. The Labute approximate surface area is 171 Å². The summed E-state index contributed by atoms with van der Waals surface area (Å²) in [5, 5.41) is 8.27. The number of nitrogens with zero attached hydrogens (tertiary/aromatic N) is 2. The molecule has 148 valence electrons. The van der Waals surface area contributed by atoms with Crippen LogP contribution in [0.2, 0.25) is 0 Å². The average Bonchev–Trinajstić information content (AvgIpc) is 3.03. The lowest BCUT2D eigenvalue weighted by atomic mass is 9.94. The van der Waals surface area contributed by atoms with E-state index >= 15 is 0 Å². The second kappa shape index (κ2) is 7.59. The van der Waals surface area contributed by atoms with Crippen LogP contribution in [-0.4, -0.2) is 22.4 Å². The number of aryl methyl sites for hydroxylation is 2. The molecule has 1 aliphatic rings. The first-order valence-corrected chi connectivity index (χ1v) is 9.87. The fourth-order valence-electron chi connectivity index (χ4n) is 3.91. The lowest BCUT2D eigenvalue weighted by Crippen LogP contribution is -2.29. The van der Waals surface area contributed by atoms with E-state index in [0.29, 0.717) is 12.2 Å². The monoisotopic (exact) mass is 387 g/mol. The minimum Gasteiger partial charge on any atom is -0.463 e. The van der Waals surface area contributed by atoms with Gasteiger partial charge in [-0.2, -0.15) is 5.10 Å². The molecule has 1 aliphatic heterocycles. The van der Waals surface area contributed by atoms with Crippen LogP contribution in [0.1, 0.15) is 36.7 Å². The molecule has 5 nitrogen and oxygen atoms in total. The van der Waals surface area contributed by atoms with Crippen molar-refractivity contribution in [3.05, 3.63) is 82.7 Å². The van der Waals surface area contributed by atoms with E-state index < -0.39 is 0 Å². The van der Waals surface area contributed by atoms with Gasteiger partial charge in [-0.15, -0.1) is 0 Å². The van der Waals surface area contributed by atoms with Crippen LogP contribution in [0.15, 0.2) is 65.9 Å². The maximum absolute atomic E-state index is 12.9. The molecule has 2 heterocycles. The summed E-state index contributed by atoms with van der Waals surface area (Å²) in [6.07, 6.45) is 0.